The molecule has 0 aliphatic carbocycles. The first-order chi connectivity index (χ1) is 11.8. The second-order valence-corrected chi connectivity index (χ2v) is 7.54. The molecule has 0 spiro atoms. The summed E-state index contributed by atoms with van der Waals surface area (Å²) in [6.07, 6.45) is 0.703. The minimum atomic E-state index is -0.725. The van der Waals surface area contributed by atoms with Crippen molar-refractivity contribution in [1.82, 2.24) is 9.55 Å². The lowest BCUT2D eigenvalue weighted by Crippen LogP contribution is -2.23. The molecule has 1 atom stereocenters. The van der Waals surface area contributed by atoms with E-state index in [4.69, 9.17) is 9.47 Å². The van der Waals surface area contributed by atoms with Gasteiger partial charge in [0.15, 0.2) is 6.10 Å². The predicted octanol–water partition coefficient (Wildman–Crippen LogP) is 3.14. The first-order valence-electron chi connectivity index (χ1n) is 8.39. The van der Waals surface area contributed by atoms with Crippen LogP contribution in [0.1, 0.15) is 32.0 Å². The van der Waals surface area contributed by atoms with E-state index in [1.54, 1.807) is 4.57 Å². The third kappa shape index (κ3) is 4.38. The summed E-state index contributed by atoms with van der Waals surface area (Å²) in [5, 5.41) is 0. The number of hydrogen-bond donors (Lipinski definition) is 0. The number of fused-ring (bicyclic) bond motifs is 1. The van der Waals surface area contributed by atoms with Crippen molar-refractivity contribution < 1.29 is 13.9 Å². The van der Waals surface area contributed by atoms with E-state index in [0.29, 0.717) is 13.2 Å². The van der Waals surface area contributed by atoms with E-state index in [9.17, 15) is 9.18 Å². The van der Waals surface area contributed by atoms with Crippen molar-refractivity contribution in [2.24, 2.45) is 5.41 Å². The Balaban J connectivity index is 1.59. The van der Waals surface area contributed by atoms with Gasteiger partial charge in [-0.05, 0) is 29.5 Å². The number of aromatic nitrogens is 2. The van der Waals surface area contributed by atoms with Crippen LogP contribution in [-0.2, 0) is 19.6 Å². The van der Waals surface area contributed by atoms with Crippen molar-refractivity contribution in [3.8, 4) is 11.8 Å². The molecule has 25 heavy (non-hydrogen) atoms. The van der Waals surface area contributed by atoms with Crippen molar-refractivity contribution in [1.29, 1.82) is 0 Å². The highest BCUT2D eigenvalue weighted by Crippen LogP contribution is 2.24. The Hall–Kier alpha value is -2.37. The molecule has 134 valence electrons. The van der Waals surface area contributed by atoms with Gasteiger partial charge in [-0.2, -0.15) is 4.98 Å². The molecule has 0 bridgehead atoms. The SMILES string of the molecule is CC(C)(C)Cc1ccc(OC[C@@H]2Cn3c(CF)cc(=O)nc3O2)cc1. The number of benzene rings is 1. The van der Waals surface area contributed by atoms with E-state index in [1.807, 2.05) is 12.1 Å². The Bertz CT molecular complexity index is 794. The van der Waals surface area contributed by atoms with Crippen molar-refractivity contribution in [3.63, 3.8) is 0 Å². The van der Waals surface area contributed by atoms with E-state index in [1.165, 1.54) is 11.6 Å². The maximum atomic E-state index is 13.0. The summed E-state index contributed by atoms with van der Waals surface area (Å²) in [5.41, 5.74) is 1.29. The molecule has 0 fully saturated rings. The standard InChI is InChI=1S/C19H23FN2O3/c1-19(2,3)9-13-4-6-15(7-5-13)24-12-16-11-22-14(10-20)8-17(23)21-18(22)25-16/h4-8,16H,9-12H2,1-3H3/t16-/m0/s1. The van der Waals surface area contributed by atoms with Gasteiger partial charge < -0.3 is 9.47 Å². The Morgan fingerprint density at radius 3 is 2.68 bits per heavy atom. The first-order valence-corrected chi connectivity index (χ1v) is 8.39. The second kappa shape index (κ2) is 6.86. The van der Waals surface area contributed by atoms with Crippen LogP contribution in [-0.4, -0.2) is 22.3 Å². The summed E-state index contributed by atoms with van der Waals surface area (Å²) in [6.45, 7) is 6.62. The fraction of sp³-hybridized carbons (Fsp3) is 0.474. The monoisotopic (exact) mass is 346 g/mol. The number of rotatable bonds is 5. The first kappa shape index (κ1) is 17.5. The highest BCUT2D eigenvalue weighted by atomic mass is 19.1. The fourth-order valence-corrected chi connectivity index (χ4v) is 2.91. The van der Waals surface area contributed by atoms with Gasteiger partial charge in [0.25, 0.3) is 5.56 Å². The van der Waals surface area contributed by atoms with Crippen LogP contribution in [0.3, 0.4) is 0 Å². The average Bonchev–Trinajstić information content (AvgIpc) is 2.94. The van der Waals surface area contributed by atoms with E-state index in [-0.39, 0.29) is 23.2 Å². The third-order valence-electron chi connectivity index (χ3n) is 3.96. The smallest absolute Gasteiger partial charge is 0.300 e. The molecular weight excluding hydrogens is 323 g/mol. The lowest BCUT2D eigenvalue weighted by molar-refractivity contribution is 0.143. The van der Waals surface area contributed by atoms with E-state index >= 15 is 0 Å². The van der Waals surface area contributed by atoms with Crippen molar-refractivity contribution >= 4 is 0 Å². The maximum absolute atomic E-state index is 13.0. The van der Waals surface area contributed by atoms with Crippen molar-refractivity contribution in [2.75, 3.05) is 6.61 Å². The molecule has 0 N–H and O–H groups in total. The van der Waals surface area contributed by atoms with Gasteiger partial charge in [0, 0.05) is 6.07 Å². The Morgan fingerprint density at radius 2 is 2.04 bits per heavy atom. The number of alkyl halides is 1. The largest absolute Gasteiger partial charge is 0.490 e. The number of ether oxygens (including phenoxy) is 2. The van der Waals surface area contributed by atoms with E-state index in [0.717, 1.165) is 12.2 Å². The average molecular weight is 346 g/mol. The molecule has 0 unspecified atom stereocenters. The summed E-state index contributed by atoms with van der Waals surface area (Å²) in [7, 11) is 0. The Labute approximate surface area is 146 Å². The van der Waals surface area contributed by atoms with Crippen LogP contribution in [0.25, 0.3) is 0 Å². The lowest BCUT2D eigenvalue weighted by atomic mass is 9.88. The molecule has 1 aromatic heterocycles. The summed E-state index contributed by atoms with van der Waals surface area (Å²) in [6, 6.07) is 9.37. The molecule has 0 saturated carbocycles. The highest BCUT2D eigenvalue weighted by molar-refractivity contribution is 5.28. The normalized spacial score (nSPS) is 16.4. The van der Waals surface area contributed by atoms with Gasteiger partial charge in [-0.1, -0.05) is 32.9 Å². The molecule has 5 nitrogen and oxygen atoms in total. The molecule has 2 heterocycles. The van der Waals surface area contributed by atoms with Gasteiger partial charge in [-0.25, -0.2) is 4.39 Å². The zero-order valence-electron chi connectivity index (χ0n) is 14.8. The molecule has 3 rings (SSSR count). The molecule has 1 aliphatic heterocycles. The van der Waals surface area contributed by atoms with Gasteiger partial charge >= 0.3 is 6.01 Å². The highest BCUT2D eigenvalue weighted by Gasteiger charge is 2.26. The minimum Gasteiger partial charge on any atom is -0.490 e. The van der Waals surface area contributed by atoms with E-state index in [2.05, 4.69) is 37.9 Å². The molecule has 0 amide bonds. The van der Waals surface area contributed by atoms with Gasteiger partial charge in [0.05, 0.1) is 12.2 Å². The Morgan fingerprint density at radius 1 is 1.32 bits per heavy atom. The molecule has 6 heteroatoms. The summed E-state index contributed by atoms with van der Waals surface area (Å²) < 4.78 is 26.0. The summed E-state index contributed by atoms with van der Waals surface area (Å²) in [4.78, 5) is 15.2. The van der Waals surface area contributed by atoms with Gasteiger partial charge in [0.2, 0.25) is 0 Å². The van der Waals surface area contributed by atoms with Gasteiger partial charge in [-0.15, -0.1) is 0 Å². The van der Waals surface area contributed by atoms with Crippen LogP contribution >= 0.6 is 0 Å². The lowest BCUT2D eigenvalue weighted by Gasteiger charge is -2.18. The van der Waals surface area contributed by atoms with Crippen LogP contribution < -0.4 is 15.0 Å². The Kier molecular flexibility index (Phi) is 4.79. The molecular formula is C19H23FN2O3. The number of hydrogen-bond acceptors (Lipinski definition) is 4. The van der Waals surface area contributed by atoms with E-state index < -0.39 is 12.2 Å². The quantitative estimate of drug-likeness (QED) is 0.835. The third-order valence-corrected chi connectivity index (χ3v) is 3.96. The van der Waals surface area contributed by atoms with Crippen molar-refractivity contribution in [2.45, 2.75) is 46.5 Å². The van der Waals surface area contributed by atoms with Crippen LogP contribution in [0.2, 0.25) is 0 Å². The van der Waals surface area contributed by atoms with Gasteiger partial charge in [0.1, 0.15) is 19.0 Å². The fourth-order valence-electron chi connectivity index (χ4n) is 2.91. The number of halogens is 1. The molecule has 1 aromatic carbocycles. The topological polar surface area (TPSA) is 53.4 Å². The second-order valence-electron chi connectivity index (χ2n) is 7.54. The molecule has 1 aliphatic rings. The summed E-state index contributed by atoms with van der Waals surface area (Å²) in [5.74, 6) is 0.755. The van der Waals surface area contributed by atoms with Crippen molar-refractivity contribution in [3.05, 3.63) is 51.9 Å². The van der Waals surface area contributed by atoms with Crippen LogP contribution in [0, 0.1) is 5.41 Å². The zero-order valence-corrected chi connectivity index (χ0v) is 14.8. The number of nitrogens with zero attached hydrogens (tertiary/aromatic N) is 2. The maximum Gasteiger partial charge on any atom is 0.300 e. The molecule has 0 radical (unpaired) electrons. The van der Waals surface area contributed by atoms with Crippen LogP contribution in [0.5, 0.6) is 11.8 Å². The zero-order chi connectivity index (χ0) is 18.0. The molecule has 2 aromatic rings. The predicted molar refractivity (Wildman–Crippen MR) is 92.8 cm³/mol. The van der Waals surface area contributed by atoms with Crippen LogP contribution in [0.15, 0.2) is 35.1 Å². The minimum absolute atomic E-state index is 0.161. The molecule has 0 saturated heterocycles. The van der Waals surface area contributed by atoms with Gasteiger partial charge in [-0.3, -0.25) is 9.36 Å². The van der Waals surface area contributed by atoms with Crippen LogP contribution in [0.4, 0.5) is 4.39 Å². The summed E-state index contributed by atoms with van der Waals surface area (Å²) >= 11 is 0.